The van der Waals surface area contributed by atoms with E-state index in [0.29, 0.717) is 18.4 Å². The fraction of sp³-hybridized carbons (Fsp3) is 1.00. The number of unbranched alkanes of at least 4 members (excludes halogenated alkanes) is 1. The Morgan fingerprint density at radius 1 is 1.00 bits per heavy atom. The fourth-order valence-electron chi connectivity index (χ4n) is 3.35. The van der Waals surface area contributed by atoms with Crippen LogP contribution >= 0.6 is 0 Å². The Bertz CT molecular complexity index is 301. The molecular formula is C20H42O2. The summed E-state index contributed by atoms with van der Waals surface area (Å²) < 4.78 is 6.11. The first-order chi connectivity index (χ1) is 9.89. The van der Waals surface area contributed by atoms with E-state index in [1.165, 1.54) is 19.3 Å². The van der Waals surface area contributed by atoms with Crippen LogP contribution in [0.4, 0.5) is 0 Å². The summed E-state index contributed by atoms with van der Waals surface area (Å²) in [7, 11) is 0. The molecule has 1 N–H and O–H groups in total. The van der Waals surface area contributed by atoms with Crippen LogP contribution < -0.4 is 0 Å². The maximum Gasteiger partial charge on any atom is 0.168 e. The minimum Gasteiger partial charge on any atom is -0.365 e. The topological polar surface area (TPSA) is 29.5 Å². The Labute approximate surface area is 140 Å². The molecule has 0 bridgehead atoms. The molecule has 0 aromatic heterocycles. The van der Waals surface area contributed by atoms with Crippen LogP contribution in [0.3, 0.4) is 0 Å². The van der Waals surface area contributed by atoms with E-state index in [2.05, 4.69) is 55.4 Å². The Hall–Kier alpha value is -0.0800. The van der Waals surface area contributed by atoms with Crippen molar-refractivity contribution in [2.75, 3.05) is 6.61 Å². The molecule has 0 heterocycles. The lowest BCUT2D eigenvalue weighted by Gasteiger charge is -2.48. The Kier molecular flexibility index (Phi) is 8.65. The van der Waals surface area contributed by atoms with E-state index in [-0.39, 0.29) is 10.8 Å². The van der Waals surface area contributed by atoms with Crippen molar-refractivity contribution in [3.63, 3.8) is 0 Å². The minimum absolute atomic E-state index is 0.165. The molecule has 0 fully saturated rings. The minimum atomic E-state index is -1.09. The molecule has 0 spiro atoms. The average molecular weight is 315 g/mol. The third-order valence-electron chi connectivity index (χ3n) is 5.37. The molecule has 3 atom stereocenters. The zero-order chi connectivity index (χ0) is 17.6. The lowest BCUT2D eigenvalue weighted by molar-refractivity contribution is -0.281. The molecule has 3 unspecified atom stereocenters. The molecule has 0 amide bonds. The van der Waals surface area contributed by atoms with Crippen molar-refractivity contribution in [2.45, 2.75) is 100 Å². The molecule has 0 aromatic carbocycles. The van der Waals surface area contributed by atoms with Gasteiger partial charge >= 0.3 is 0 Å². The molecule has 0 radical (unpaired) electrons. The quantitative estimate of drug-likeness (QED) is 0.499. The van der Waals surface area contributed by atoms with Crippen LogP contribution in [0.1, 0.15) is 94.4 Å². The van der Waals surface area contributed by atoms with Crippen molar-refractivity contribution in [1.29, 1.82) is 0 Å². The van der Waals surface area contributed by atoms with E-state index in [1.807, 2.05) is 6.92 Å². The van der Waals surface area contributed by atoms with Crippen molar-refractivity contribution < 1.29 is 9.84 Å². The van der Waals surface area contributed by atoms with Gasteiger partial charge in [-0.25, -0.2) is 0 Å². The average Bonchev–Trinajstić information content (AvgIpc) is 2.36. The normalized spacial score (nSPS) is 19.8. The predicted octanol–water partition coefficient (Wildman–Crippen LogP) is 6.03. The van der Waals surface area contributed by atoms with E-state index in [1.54, 1.807) is 0 Å². The van der Waals surface area contributed by atoms with Crippen LogP contribution in [0.5, 0.6) is 0 Å². The molecule has 0 aliphatic carbocycles. The molecule has 0 aliphatic heterocycles. The first kappa shape index (κ1) is 21.9. The zero-order valence-electron chi connectivity index (χ0n) is 16.8. The summed E-state index contributed by atoms with van der Waals surface area (Å²) in [6.07, 6.45) is 5.72. The summed E-state index contributed by atoms with van der Waals surface area (Å²) in [6, 6.07) is 0. The Morgan fingerprint density at radius 2 is 1.55 bits per heavy atom. The summed E-state index contributed by atoms with van der Waals surface area (Å²) in [5.74, 6) is -0.177. The first-order valence-corrected chi connectivity index (χ1v) is 9.26. The van der Waals surface area contributed by atoms with Crippen molar-refractivity contribution >= 4 is 0 Å². The van der Waals surface area contributed by atoms with E-state index >= 15 is 0 Å². The van der Waals surface area contributed by atoms with Gasteiger partial charge in [-0.3, -0.25) is 0 Å². The van der Waals surface area contributed by atoms with Gasteiger partial charge in [0, 0.05) is 5.41 Å². The molecule has 2 nitrogen and oxygen atoms in total. The van der Waals surface area contributed by atoms with Crippen molar-refractivity contribution in [3.8, 4) is 0 Å². The molecule has 22 heavy (non-hydrogen) atoms. The standard InChI is InChI=1S/C20H42O2/c1-10-12-13-17(11-2)14-22-20(9,21)19(8,16(3)4)15-18(5,6)7/h16-17,21H,10-15H2,1-9H3. The number of aliphatic hydroxyl groups is 1. The van der Waals surface area contributed by atoms with Crippen LogP contribution in [-0.2, 0) is 4.74 Å². The molecule has 0 aliphatic rings. The van der Waals surface area contributed by atoms with Gasteiger partial charge in [0.1, 0.15) is 0 Å². The highest BCUT2D eigenvalue weighted by atomic mass is 16.6. The highest BCUT2D eigenvalue weighted by Gasteiger charge is 2.48. The molecule has 0 aromatic rings. The second-order valence-electron chi connectivity index (χ2n) is 9.02. The maximum absolute atomic E-state index is 11.1. The Morgan fingerprint density at radius 3 is 1.91 bits per heavy atom. The van der Waals surface area contributed by atoms with Gasteiger partial charge in [-0.2, -0.15) is 0 Å². The third kappa shape index (κ3) is 6.58. The number of rotatable bonds is 10. The molecular weight excluding hydrogens is 272 g/mol. The number of hydrogen-bond donors (Lipinski definition) is 1. The monoisotopic (exact) mass is 314 g/mol. The third-order valence-corrected chi connectivity index (χ3v) is 5.37. The second kappa shape index (κ2) is 8.68. The van der Waals surface area contributed by atoms with E-state index < -0.39 is 5.79 Å². The van der Waals surface area contributed by atoms with Gasteiger partial charge in [0.05, 0.1) is 6.61 Å². The number of ether oxygens (including phenoxy) is 1. The van der Waals surface area contributed by atoms with Gasteiger partial charge in [0.15, 0.2) is 5.79 Å². The summed E-state index contributed by atoms with van der Waals surface area (Å²) in [5, 5.41) is 11.1. The molecule has 0 saturated carbocycles. The van der Waals surface area contributed by atoms with Crippen molar-refractivity contribution in [1.82, 2.24) is 0 Å². The fourth-order valence-corrected chi connectivity index (χ4v) is 3.35. The number of hydrogen-bond acceptors (Lipinski definition) is 2. The van der Waals surface area contributed by atoms with Crippen LogP contribution in [0.15, 0.2) is 0 Å². The molecule has 2 heteroatoms. The van der Waals surface area contributed by atoms with E-state index in [4.69, 9.17) is 4.74 Å². The van der Waals surface area contributed by atoms with Crippen molar-refractivity contribution in [3.05, 3.63) is 0 Å². The van der Waals surface area contributed by atoms with Crippen LogP contribution in [0.2, 0.25) is 0 Å². The highest BCUT2D eigenvalue weighted by molar-refractivity contribution is 4.92. The molecule has 0 rings (SSSR count). The predicted molar refractivity (Wildman–Crippen MR) is 96.9 cm³/mol. The van der Waals surface area contributed by atoms with Gasteiger partial charge in [-0.05, 0) is 37.0 Å². The Balaban J connectivity index is 4.97. The zero-order valence-corrected chi connectivity index (χ0v) is 16.8. The largest absolute Gasteiger partial charge is 0.365 e. The van der Waals surface area contributed by atoms with Crippen molar-refractivity contribution in [2.24, 2.45) is 22.7 Å². The van der Waals surface area contributed by atoms with Crippen LogP contribution in [0, 0.1) is 22.7 Å². The maximum atomic E-state index is 11.1. The molecule has 0 saturated heterocycles. The highest BCUT2D eigenvalue weighted by Crippen LogP contribution is 2.47. The lowest BCUT2D eigenvalue weighted by atomic mass is 9.64. The summed E-state index contributed by atoms with van der Waals surface area (Å²) >= 11 is 0. The van der Waals surface area contributed by atoms with E-state index in [9.17, 15) is 5.11 Å². The SMILES string of the molecule is CCCCC(CC)COC(C)(O)C(C)(CC(C)(C)C)C(C)C. The summed E-state index contributed by atoms with van der Waals surface area (Å²) in [6.45, 7) is 20.2. The lowest BCUT2D eigenvalue weighted by Crippen LogP contribution is -2.51. The molecule has 134 valence electrons. The van der Waals surface area contributed by atoms with Crippen LogP contribution in [0.25, 0.3) is 0 Å². The van der Waals surface area contributed by atoms with Gasteiger partial charge < -0.3 is 9.84 Å². The van der Waals surface area contributed by atoms with Gasteiger partial charge in [-0.1, -0.05) is 74.7 Å². The summed E-state index contributed by atoms with van der Waals surface area (Å²) in [4.78, 5) is 0. The van der Waals surface area contributed by atoms with Gasteiger partial charge in [0.2, 0.25) is 0 Å². The van der Waals surface area contributed by atoms with Crippen LogP contribution in [-0.4, -0.2) is 17.5 Å². The second-order valence-corrected chi connectivity index (χ2v) is 9.02. The summed E-state index contributed by atoms with van der Waals surface area (Å²) in [5.41, 5.74) is -0.0902. The van der Waals surface area contributed by atoms with E-state index in [0.717, 1.165) is 12.8 Å². The van der Waals surface area contributed by atoms with Gasteiger partial charge in [0.25, 0.3) is 0 Å². The van der Waals surface area contributed by atoms with Gasteiger partial charge in [-0.15, -0.1) is 0 Å². The first-order valence-electron chi connectivity index (χ1n) is 9.26. The smallest absolute Gasteiger partial charge is 0.168 e.